The Hall–Kier alpha value is -1.29. The summed E-state index contributed by atoms with van der Waals surface area (Å²) < 4.78 is 5.37. The van der Waals surface area contributed by atoms with Crippen LogP contribution in [0, 0.1) is 5.41 Å². The molecule has 2 rings (SSSR count). The molecule has 0 aliphatic carbocycles. The van der Waals surface area contributed by atoms with Crippen molar-refractivity contribution in [3.63, 3.8) is 0 Å². The molecule has 19 heavy (non-hydrogen) atoms. The molecule has 0 bridgehead atoms. The van der Waals surface area contributed by atoms with Crippen LogP contribution in [0.2, 0.25) is 0 Å². The van der Waals surface area contributed by atoms with E-state index in [-0.39, 0.29) is 16.7 Å². The lowest BCUT2D eigenvalue weighted by Gasteiger charge is -2.53. The first-order valence-corrected chi connectivity index (χ1v) is 6.81. The van der Waals surface area contributed by atoms with Crippen LogP contribution in [0.5, 0.6) is 0 Å². The van der Waals surface area contributed by atoms with Gasteiger partial charge in [0.15, 0.2) is 0 Å². The lowest BCUT2D eigenvalue weighted by Crippen LogP contribution is -2.57. The van der Waals surface area contributed by atoms with Crippen molar-refractivity contribution in [3.05, 3.63) is 23.7 Å². The molecule has 1 fully saturated rings. The topological polar surface area (TPSA) is 53.7 Å². The first-order chi connectivity index (χ1) is 8.74. The van der Waals surface area contributed by atoms with E-state index in [9.17, 15) is 4.79 Å². The van der Waals surface area contributed by atoms with Crippen molar-refractivity contribution >= 4 is 5.97 Å². The fraction of sp³-hybridized carbons (Fsp3) is 0.667. The fourth-order valence-corrected chi connectivity index (χ4v) is 2.77. The molecule has 2 heterocycles. The highest BCUT2D eigenvalue weighted by atomic mass is 16.4. The van der Waals surface area contributed by atoms with Gasteiger partial charge in [-0.1, -0.05) is 13.8 Å². The smallest absolute Gasteiger partial charge is 0.371 e. The lowest BCUT2D eigenvalue weighted by molar-refractivity contribution is -0.0394. The third kappa shape index (κ3) is 2.54. The van der Waals surface area contributed by atoms with Crippen LogP contribution >= 0.6 is 0 Å². The van der Waals surface area contributed by atoms with Crippen molar-refractivity contribution in [1.82, 2.24) is 4.90 Å². The van der Waals surface area contributed by atoms with Gasteiger partial charge in [-0.05, 0) is 50.8 Å². The van der Waals surface area contributed by atoms with E-state index in [2.05, 4.69) is 32.6 Å². The maximum absolute atomic E-state index is 10.8. The van der Waals surface area contributed by atoms with Crippen molar-refractivity contribution < 1.29 is 14.3 Å². The SMILES string of the molecule is CC1(C)CCCN(Cc2ccc(C(=O)O)o2)C1(C)C. The molecule has 1 aliphatic heterocycles. The number of aromatic carboxylic acids is 1. The zero-order valence-electron chi connectivity index (χ0n) is 12.2. The molecule has 1 aromatic rings. The Morgan fingerprint density at radius 2 is 2.05 bits per heavy atom. The summed E-state index contributed by atoms with van der Waals surface area (Å²) in [6.45, 7) is 10.8. The second-order valence-electron chi connectivity index (χ2n) is 6.54. The van der Waals surface area contributed by atoms with Gasteiger partial charge in [0.05, 0.1) is 6.54 Å². The van der Waals surface area contributed by atoms with Crippen LogP contribution in [-0.4, -0.2) is 28.1 Å². The Morgan fingerprint density at radius 1 is 1.37 bits per heavy atom. The molecule has 0 radical (unpaired) electrons. The van der Waals surface area contributed by atoms with E-state index in [0.29, 0.717) is 6.54 Å². The van der Waals surface area contributed by atoms with E-state index in [1.54, 1.807) is 6.07 Å². The van der Waals surface area contributed by atoms with E-state index in [1.807, 2.05) is 0 Å². The third-order valence-corrected chi connectivity index (χ3v) is 4.90. The van der Waals surface area contributed by atoms with Gasteiger partial charge in [-0.25, -0.2) is 4.79 Å². The number of piperidine rings is 1. The van der Waals surface area contributed by atoms with E-state index in [1.165, 1.54) is 18.9 Å². The van der Waals surface area contributed by atoms with Gasteiger partial charge in [-0.3, -0.25) is 4.90 Å². The van der Waals surface area contributed by atoms with Gasteiger partial charge in [-0.15, -0.1) is 0 Å². The fourth-order valence-electron chi connectivity index (χ4n) is 2.77. The number of furan rings is 1. The van der Waals surface area contributed by atoms with Gasteiger partial charge in [0.2, 0.25) is 5.76 Å². The highest BCUT2D eigenvalue weighted by molar-refractivity contribution is 5.84. The number of carboxylic acids is 1. The van der Waals surface area contributed by atoms with E-state index in [4.69, 9.17) is 9.52 Å². The number of likely N-dealkylation sites (tertiary alicyclic amines) is 1. The first-order valence-electron chi connectivity index (χ1n) is 6.81. The zero-order valence-corrected chi connectivity index (χ0v) is 12.2. The summed E-state index contributed by atoms with van der Waals surface area (Å²) in [5.41, 5.74) is 0.314. The average Bonchev–Trinajstić information content (AvgIpc) is 2.74. The molecule has 1 N–H and O–H groups in total. The number of rotatable bonds is 3. The Morgan fingerprint density at radius 3 is 2.63 bits per heavy atom. The third-order valence-electron chi connectivity index (χ3n) is 4.90. The van der Waals surface area contributed by atoms with Crippen LogP contribution in [0.1, 0.15) is 56.9 Å². The minimum absolute atomic E-state index is 0.0177. The molecular weight excluding hydrogens is 242 g/mol. The normalized spacial score (nSPS) is 22.3. The predicted molar refractivity (Wildman–Crippen MR) is 73.2 cm³/mol. The molecule has 0 spiro atoms. The van der Waals surface area contributed by atoms with Gasteiger partial charge in [0.1, 0.15) is 5.76 Å². The van der Waals surface area contributed by atoms with Crippen molar-refractivity contribution in [2.75, 3.05) is 6.54 Å². The number of nitrogens with zero attached hydrogens (tertiary/aromatic N) is 1. The average molecular weight is 265 g/mol. The van der Waals surface area contributed by atoms with Gasteiger partial charge < -0.3 is 9.52 Å². The van der Waals surface area contributed by atoms with Gasteiger partial charge in [-0.2, -0.15) is 0 Å². The van der Waals surface area contributed by atoms with Crippen molar-refractivity contribution in [1.29, 1.82) is 0 Å². The maximum Gasteiger partial charge on any atom is 0.371 e. The van der Waals surface area contributed by atoms with E-state index < -0.39 is 5.97 Å². The van der Waals surface area contributed by atoms with Gasteiger partial charge >= 0.3 is 5.97 Å². The Balaban J connectivity index is 2.15. The summed E-state index contributed by atoms with van der Waals surface area (Å²) in [7, 11) is 0. The summed E-state index contributed by atoms with van der Waals surface area (Å²) in [5.74, 6) is -0.267. The molecule has 0 aromatic carbocycles. The quantitative estimate of drug-likeness (QED) is 0.910. The number of carbonyl (C=O) groups is 1. The van der Waals surface area contributed by atoms with Crippen molar-refractivity contribution in [2.24, 2.45) is 5.41 Å². The minimum atomic E-state index is -1.01. The number of carboxylic acid groups (broad SMARTS) is 1. The molecule has 4 nitrogen and oxygen atoms in total. The lowest BCUT2D eigenvalue weighted by atomic mass is 9.68. The Kier molecular flexibility index (Phi) is 3.47. The van der Waals surface area contributed by atoms with Gasteiger partial charge in [0.25, 0.3) is 0 Å². The Labute approximate surface area is 114 Å². The van der Waals surface area contributed by atoms with Gasteiger partial charge in [0, 0.05) is 5.54 Å². The molecule has 0 amide bonds. The highest BCUT2D eigenvalue weighted by Gasteiger charge is 2.44. The predicted octanol–water partition coefficient (Wildman–Crippen LogP) is 3.38. The molecule has 106 valence electrons. The second kappa shape index (κ2) is 4.67. The monoisotopic (exact) mass is 265 g/mol. The molecular formula is C15H23NO3. The van der Waals surface area contributed by atoms with E-state index >= 15 is 0 Å². The van der Waals surface area contributed by atoms with E-state index in [0.717, 1.165) is 12.3 Å². The summed E-state index contributed by atoms with van der Waals surface area (Å²) in [4.78, 5) is 13.2. The Bertz CT molecular complexity index is 473. The maximum atomic E-state index is 10.8. The minimum Gasteiger partial charge on any atom is -0.475 e. The largest absolute Gasteiger partial charge is 0.475 e. The summed E-state index contributed by atoms with van der Waals surface area (Å²) >= 11 is 0. The summed E-state index contributed by atoms with van der Waals surface area (Å²) in [6.07, 6.45) is 2.39. The standard InChI is InChI=1S/C15H23NO3/c1-14(2)8-5-9-16(15(14,3)4)10-11-6-7-12(19-11)13(17)18/h6-7H,5,8-10H2,1-4H3,(H,17,18). The second-order valence-corrected chi connectivity index (χ2v) is 6.54. The van der Waals surface area contributed by atoms with Crippen LogP contribution in [0.25, 0.3) is 0 Å². The van der Waals surface area contributed by atoms with Crippen LogP contribution < -0.4 is 0 Å². The molecule has 1 aromatic heterocycles. The molecule has 0 atom stereocenters. The molecule has 4 heteroatoms. The highest BCUT2D eigenvalue weighted by Crippen LogP contribution is 2.43. The summed E-state index contributed by atoms with van der Waals surface area (Å²) in [6, 6.07) is 3.29. The molecule has 1 aliphatic rings. The molecule has 1 saturated heterocycles. The van der Waals surface area contributed by atoms with Crippen LogP contribution in [-0.2, 0) is 6.54 Å². The number of hydrogen-bond acceptors (Lipinski definition) is 3. The van der Waals surface area contributed by atoms with Crippen LogP contribution in [0.3, 0.4) is 0 Å². The van der Waals surface area contributed by atoms with Crippen molar-refractivity contribution in [3.8, 4) is 0 Å². The molecule has 0 unspecified atom stereocenters. The van der Waals surface area contributed by atoms with Crippen molar-refractivity contribution in [2.45, 2.75) is 52.6 Å². The van der Waals surface area contributed by atoms with Crippen LogP contribution in [0.15, 0.2) is 16.5 Å². The van der Waals surface area contributed by atoms with Crippen LogP contribution in [0.4, 0.5) is 0 Å². The molecule has 0 saturated carbocycles. The number of hydrogen-bond donors (Lipinski definition) is 1. The zero-order chi connectivity index (χ0) is 14.3. The first kappa shape index (κ1) is 14.1. The summed E-state index contributed by atoms with van der Waals surface area (Å²) in [5, 5.41) is 8.88.